The lowest BCUT2D eigenvalue weighted by molar-refractivity contribution is -0.139. The number of nitrogens with zero attached hydrogens (tertiary/aromatic N) is 2. The summed E-state index contributed by atoms with van der Waals surface area (Å²) in [6.07, 6.45) is 1.62. The van der Waals surface area contributed by atoms with Gasteiger partial charge in [0.15, 0.2) is 0 Å². The van der Waals surface area contributed by atoms with Gasteiger partial charge in [0.2, 0.25) is 0 Å². The number of carbonyl (C=O) groups excluding carboxylic acids is 2. The Morgan fingerprint density at radius 2 is 1.74 bits per heavy atom. The van der Waals surface area contributed by atoms with Crippen LogP contribution in [0, 0.1) is 0 Å². The van der Waals surface area contributed by atoms with Crippen molar-refractivity contribution in [3.05, 3.63) is 48.4 Å². The number of ether oxygens (including phenoxy) is 2. The van der Waals surface area contributed by atoms with E-state index in [-0.39, 0.29) is 19.1 Å². The highest BCUT2D eigenvalue weighted by molar-refractivity contribution is 6.35. The second kappa shape index (κ2) is 11.4. The van der Waals surface area contributed by atoms with E-state index >= 15 is 0 Å². The smallest absolute Gasteiger partial charge is 0.309 e. The number of piperazine rings is 1. The molecule has 0 bridgehead atoms. The summed E-state index contributed by atoms with van der Waals surface area (Å²) < 4.78 is 15.7. The Kier molecular flexibility index (Phi) is 8.31. The topological polar surface area (TPSA) is 96.3 Å². The Balaban J connectivity index is 1.56. The van der Waals surface area contributed by atoms with Gasteiger partial charge in [-0.2, -0.15) is 0 Å². The number of anilines is 1. The first kappa shape index (κ1) is 22.6. The molecule has 168 valence electrons. The molecule has 1 aromatic heterocycles. The third-order valence-electron chi connectivity index (χ3n) is 5.32. The summed E-state index contributed by atoms with van der Waals surface area (Å²) in [4.78, 5) is 28.6. The molecule has 0 aliphatic carbocycles. The molecule has 9 heteroatoms. The van der Waals surface area contributed by atoms with Crippen LogP contribution in [-0.4, -0.2) is 76.8 Å². The minimum Gasteiger partial charge on any atom is -0.497 e. The second-order valence-electron chi connectivity index (χ2n) is 7.21. The van der Waals surface area contributed by atoms with Gasteiger partial charge in [0.05, 0.1) is 26.0 Å². The summed E-state index contributed by atoms with van der Waals surface area (Å²) in [5.74, 6) is 0.268. The molecule has 9 nitrogen and oxygen atoms in total. The van der Waals surface area contributed by atoms with E-state index in [1.807, 2.05) is 24.3 Å². The first-order valence-corrected chi connectivity index (χ1v) is 10.3. The molecule has 3 rings (SSSR count). The quantitative estimate of drug-likeness (QED) is 0.453. The lowest BCUT2D eigenvalue weighted by Gasteiger charge is -2.39. The highest BCUT2D eigenvalue weighted by atomic mass is 16.5. The average Bonchev–Trinajstić information content (AvgIpc) is 3.34. The molecule has 31 heavy (non-hydrogen) atoms. The molecule has 0 saturated carbocycles. The van der Waals surface area contributed by atoms with Crippen LogP contribution in [0.3, 0.4) is 0 Å². The molecule has 2 aromatic rings. The molecule has 1 atom stereocenters. The van der Waals surface area contributed by atoms with Crippen LogP contribution in [0.1, 0.15) is 11.8 Å². The molecule has 2 N–H and O–H groups in total. The van der Waals surface area contributed by atoms with Crippen molar-refractivity contribution >= 4 is 17.5 Å². The number of amides is 2. The lowest BCUT2D eigenvalue weighted by atomic mass is 10.1. The highest BCUT2D eigenvalue weighted by Crippen LogP contribution is 2.25. The zero-order valence-electron chi connectivity index (χ0n) is 18.0. The van der Waals surface area contributed by atoms with E-state index in [1.165, 1.54) is 7.11 Å². The van der Waals surface area contributed by atoms with E-state index in [2.05, 4.69) is 32.6 Å². The summed E-state index contributed by atoms with van der Waals surface area (Å²) in [6.45, 7) is 4.21. The van der Waals surface area contributed by atoms with Crippen molar-refractivity contribution in [1.82, 2.24) is 15.5 Å². The van der Waals surface area contributed by atoms with E-state index < -0.39 is 11.8 Å². The minimum absolute atomic E-state index is 0.149. The zero-order valence-corrected chi connectivity index (χ0v) is 18.0. The van der Waals surface area contributed by atoms with Crippen LogP contribution in [0.5, 0.6) is 5.75 Å². The number of rotatable bonds is 9. The number of nitrogens with one attached hydrogen (secondary N) is 2. The van der Waals surface area contributed by atoms with E-state index in [4.69, 9.17) is 13.9 Å². The van der Waals surface area contributed by atoms with Crippen LogP contribution < -0.4 is 20.3 Å². The third kappa shape index (κ3) is 6.22. The predicted octanol–water partition coefficient (Wildman–Crippen LogP) is 1.03. The van der Waals surface area contributed by atoms with Gasteiger partial charge in [-0.05, 0) is 36.4 Å². The van der Waals surface area contributed by atoms with Crippen LogP contribution in [0.15, 0.2) is 47.1 Å². The third-order valence-corrected chi connectivity index (χ3v) is 5.32. The zero-order chi connectivity index (χ0) is 22.1. The highest BCUT2D eigenvalue weighted by Gasteiger charge is 2.28. The van der Waals surface area contributed by atoms with E-state index in [0.717, 1.165) is 43.4 Å². The fourth-order valence-electron chi connectivity index (χ4n) is 3.59. The van der Waals surface area contributed by atoms with Crippen molar-refractivity contribution in [2.24, 2.45) is 0 Å². The summed E-state index contributed by atoms with van der Waals surface area (Å²) in [7, 11) is 3.19. The SMILES string of the molecule is COCCNC(=O)C(=O)NCC(c1ccco1)N1CCN(c2ccc(OC)cc2)CC1. The summed E-state index contributed by atoms with van der Waals surface area (Å²) >= 11 is 0. The van der Waals surface area contributed by atoms with Crippen molar-refractivity contribution in [3.8, 4) is 5.75 Å². The molecule has 1 aliphatic rings. The van der Waals surface area contributed by atoms with Gasteiger partial charge >= 0.3 is 11.8 Å². The first-order valence-electron chi connectivity index (χ1n) is 10.3. The van der Waals surface area contributed by atoms with E-state index in [0.29, 0.717) is 6.61 Å². The van der Waals surface area contributed by atoms with E-state index in [9.17, 15) is 9.59 Å². The maximum absolute atomic E-state index is 12.2. The normalized spacial score (nSPS) is 15.4. The van der Waals surface area contributed by atoms with Crippen molar-refractivity contribution in [2.75, 3.05) is 65.0 Å². The summed E-state index contributed by atoms with van der Waals surface area (Å²) in [6, 6.07) is 11.6. The van der Waals surface area contributed by atoms with Gasteiger partial charge in [-0.1, -0.05) is 0 Å². The monoisotopic (exact) mass is 430 g/mol. The number of benzene rings is 1. The Bertz CT molecular complexity index is 817. The van der Waals surface area contributed by atoms with Gasteiger partial charge in [-0.25, -0.2) is 0 Å². The minimum atomic E-state index is -0.667. The van der Waals surface area contributed by atoms with Crippen LogP contribution in [0.2, 0.25) is 0 Å². The molecule has 0 spiro atoms. The standard InChI is InChI=1S/C22H30N4O5/c1-29-15-9-23-21(27)22(28)24-16-19(20-4-3-14-31-20)26-12-10-25(11-13-26)17-5-7-18(30-2)8-6-17/h3-8,14,19H,9-13,15-16H2,1-2H3,(H,23,27)(H,24,28). The molecule has 1 aliphatic heterocycles. The van der Waals surface area contributed by atoms with Crippen molar-refractivity contribution in [3.63, 3.8) is 0 Å². The van der Waals surface area contributed by atoms with Gasteiger partial charge in [0, 0.05) is 52.1 Å². The van der Waals surface area contributed by atoms with Crippen molar-refractivity contribution in [2.45, 2.75) is 6.04 Å². The lowest BCUT2D eigenvalue weighted by Crippen LogP contribution is -2.50. The maximum atomic E-state index is 12.2. The molecule has 1 unspecified atom stereocenters. The van der Waals surface area contributed by atoms with Crippen LogP contribution in [0.4, 0.5) is 5.69 Å². The Morgan fingerprint density at radius 1 is 1.03 bits per heavy atom. The maximum Gasteiger partial charge on any atom is 0.309 e. The number of carbonyl (C=O) groups is 2. The molecule has 1 aromatic carbocycles. The Hall–Kier alpha value is -3.04. The van der Waals surface area contributed by atoms with Crippen molar-refractivity contribution in [1.29, 1.82) is 0 Å². The fourth-order valence-corrected chi connectivity index (χ4v) is 3.59. The number of methoxy groups -OCH3 is 2. The van der Waals surface area contributed by atoms with Gasteiger partial charge in [-0.3, -0.25) is 14.5 Å². The largest absolute Gasteiger partial charge is 0.497 e. The number of hydrogen-bond donors (Lipinski definition) is 2. The summed E-state index contributed by atoms with van der Waals surface area (Å²) in [5, 5.41) is 5.25. The fraction of sp³-hybridized carbons (Fsp3) is 0.455. The van der Waals surface area contributed by atoms with Gasteiger partial charge in [0.1, 0.15) is 11.5 Å². The number of furan rings is 1. The molecule has 1 saturated heterocycles. The van der Waals surface area contributed by atoms with Gasteiger partial charge in [0.25, 0.3) is 0 Å². The second-order valence-corrected chi connectivity index (χ2v) is 7.21. The van der Waals surface area contributed by atoms with Crippen molar-refractivity contribution < 1.29 is 23.5 Å². The molecular formula is C22H30N4O5. The Labute approximate surface area is 182 Å². The first-order chi connectivity index (χ1) is 15.1. The van der Waals surface area contributed by atoms with Crippen LogP contribution in [-0.2, 0) is 14.3 Å². The molecule has 2 amide bonds. The average molecular weight is 431 g/mol. The molecular weight excluding hydrogens is 400 g/mol. The van der Waals surface area contributed by atoms with Gasteiger partial charge in [-0.15, -0.1) is 0 Å². The molecule has 2 heterocycles. The van der Waals surface area contributed by atoms with E-state index in [1.54, 1.807) is 13.4 Å². The molecule has 1 fully saturated rings. The predicted molar refractivity (Wildman–Crippen MR) is 116 cm³/mol. The van der Waals surface area contributed by atoms with Crippen LogP contribution in [0.25, 0.3) is 0 Å². The Morgan fingerprint density at radius 3 is 2.35 bits per heavy atom. The summed E-state index contributed by atoms with van der Waals surface area (Å²) in [5.41, 5.74) is 1.15. The van der Waals surface area contributed by atoms with Gasteiger partial charge < -0.3 is 29.4 Å². The number of hydrogen-bond acceptors (Lipinski definition) is 7. The van der Waals surface area contributed by atoms with Crippen LogP contribution >= 0.6 is 0 Å². The molecule has 0 radical (unpaired) electrons.